The maximum Gasteiger partial charge on any atom is 0.247 e. The van der Waals surface area contributed by atoms with Crippen LogP contribution in [0.4, 0.5) is 8.78 Å². The Morgan fingerprint density at radius 1 is 1.30 bits per heavy atom. The van der Waals surface area contributed by atoms with E-state index in [0.29, 0.717) is 6.54 Å². The molecular weight excluding hydrogens is 326 g/mol. The quantitative estimate of drug-likeness (QED) is 0.907. The third-order valence-corrected chi connectivity index (χ3v) is 5.57. The fourth-order valence-electron chi connectivity index (χ4n) is 2.76. The van der Waals surface area contributed by atoms with Crippen LogP contribution in [0.3, 0.4) is 0 Å². The molecule has 0 saturated carbocycles. The lowest BCUT2D eigenvalue weighted by atomic mass is 10.0. The van der Waals surface area contributed by atoms with Crippen molar-refractivity contribution < 1.29 is 22.0 Å². The molecule has 1 heterocycles. The van der Waals surface area contributed by atoms with Crippen LogP contribution in [0, 0.1) is 11.6 Å². The molecule has 23 heavy (non-hydrogen) atoms. The zero-order valence-electron chi connectivity index (χ0n) is 13.1. The standard InChI is InChI=1S/C15H20F2N2O3S/c1-10-6-3-4-9-19(10)15(20)11(2)18-23(21,22)14-12(16)7-5-8-13(14)17/h5,7-8,10-11,18H,3-4,6,9H2,1-2H3. The fraction of sp³-hybridized carbons (Fsp3) is 0.533. The number of sulfonamides is 1. The van der Waals surface area contributed by atoms with Gasteiger partial charge in [0.1, 0.15) is 11.6 Å². The molecule has 0 aliphatic carbocycles. The van der Waals surface area contributed by atoms with E-state index in [9.17, 15) is 22.0 Å². The highest BCUT2D eigenvalue weighted by atomic mass is 32.2. The molecular formula is C15H20F2N2O3S. The van der Waals surface area contributed by atoms with Crippen molar-refractivity contribution in [2.45, 2.75) is 50.1 Å². The molecule has 1 N–H and O–H groups in total. The Bertz CT molecular complexity index is 674. The van der Waals surface area contributed by atoms with Crippen molar-refractivity contribution in [1.29, 1.82) is 0 Å². The maximum atomic E-state index is 13.7. The van der Waals surface area contributed by atoms with Crippen molar-refractivity contribution in [2.24, 2.45) is 0 Å². The van der Waals surface area contributed by atoms with Crippen LogP contribution in [0.25, 0.3) is 0 Å². The van der Waals surface area contributed by atoms with Gasteiger partial charge in [-0.3, -0.25) is 4.79 Å². The lowest BCUT2D eigenvalue weighted by molar-refractivity contribution is -0.135. The Labute approximate surface area is 134 Å². The minimum atomic E-state index is -4.47. The molecule has 0 radical (unpaired) electrons. The monoisotopic (exact) mass is 346 g/mol. The lowest BCUT2D eigenvalue weighted by Crippen LogP contribution is -2.51. The van der Waals surface area contributed by atoms with Crippen LogP contribution in [0.2, 0.25) is 0 Å². The van der Waals surface area contributed by atoms with Gasteiger partial charge < -0.3 is 4.90 Å². The molecule has 5 nitrogen and oxygen atoms in total. The summed E-state index contributed by atoms with van der Waals surface area (Å²) in [4.78, 5) is 12.9. The number of likely N-dealkylation sites (tertiary alicyclic amines) is 1. The number of carbonyl (C=O) groups is 1. The van der Waals surface area contributed by atoms with Crippen LogP contribution in [-0.2, 0) is 14.8 Å². The Morgan fingerprint density at radius 2 is 1.91 bits per heavy atom. The van der Waals surface area contributed by atoms with Gasteiger partial charge >= 0.3 is 0 Å². The summed E-state index contributed by atoms with van der Waals surface area (Å²) in [6.45, 7) is 3.83. The highest BCUT2D eigenvalue weighted by Gasteiger charge is 2.32. The van der Waals surface area contributed by atoms with Gasteiger partial charge in [-0.1, -0.05) is 6.07 Å². The van der Waals surface area contributed by atoms with Crippen LogP contribution in [0.5, 0.6) is 0 Å². The van der Waals surface area contributed by atoms with E-state index < -0.39 is 38.5 Å². The van der Waals surface area contributed by atoms with Crippen LogP contribution in [0.1, 0.15) is 33.1 Å². The molecule has 1 amide bonds. The molecule has 1 aliphatic rings. The van der Waals surface area contributed by atoms with E-state index in [4.69, 9.17) is 0 Å². The number of hydrogen-bond donors (Lipinski definition) is 1. The summed E-state index contributed by atoms with van der Waals surface area (Å²) >= 11 is 0. The number of carbonyl (C=O) groups excluding carboxylic acids is 1. The second-order valence-electron chi connectivity index (χ2n) is 5.77. The van der Waals surface area contributed by atoms with Gasteiger partial charge in [0.05, 0.1) is 6.04 Å². The summed E-state index contributed by atoms with van der Waals surface area (Å²) in [5, 5.41) is 0. The SMILES string of the molecule is CC(NS(=O)(=O)c1c(F)cccc1F)C(=O)N1CCCCC1C. The second kappa shape index (κ2) is 6.92. The summed E-state index contributed by atoms with van der Waals surface area (Å²) in [6, 6.07) is 1.72. The molecule has 0 spiro atoms. The zero-order chi connectivity index (χ0) is 17.2. The Hall–Kier alpha value is -1.54. The van der Waals surface area contributed by atoms with Gasteiger partial charge in [0.15, 0.2) is 4.90 Å². The first kappa shape index (κ1) is 17.8. The van der Waals surface area contributed by atoms with Gasteiger partial charge in [0.2, 0.25) is 15.9 Å². The lowest BCUT2D eigenvalue weighted by Gasteiger charge is -2.35. The molecule has 1 fully saturated rings. The molecule has 0 bridgehead atoms. The first-order chi connectivity index (χ1) is 10.7. The highest BCUT2D eigenvalue weighted by Crippen LogP contribution is 2.20. The molecule has 0 aromatic heterocycles. The highest BCUT2D eigenvalue weighted by molar-refractivity contribution is 7.89. The number of piperidine rings is 1. The first-order valence-corrected chi connectivity index (χ1v) is 8.99. The average Bonchev–Trinajstić information content (AvgIpc) is 2.46. The molecule has 1 aromatic rings. The Morgan fingerprint density at radius 3 is 2.48 bits per heavy atom. The zero-order valence-corrected chi connectivity index (χ0v) is 13.9. The van der Waals surface area contributed by atoms with E-state index in [2.05, 4.69) is 4.72 Å². The molecule has 2 rings (SSSR count). The van der Waals surface area contributed by atoms with E-state index in [1.54, 1.807) is 4.90 Å². The third-order valence-electron chi connectivity index (χ3n) is 3.98. The minimum Gasteiger partial charge on any atom is -0.339 e. The van der Waals surface area contributed by atoms with Crippen LogP contribution >= 0.6 is 0 Å². The van der Waals surface area contributed by atoms with Crippen molar-refractivity contribution >= 4 is 15.9 Å². The largest absolute Gasteiger partial charge is 0.339 e. The van der Waals surface area contributed by atoms with E-state index in [0.717, 1.165) is 37.5 Å². The predicted molar refractivity (Wildman–Crippen MR) is 81.2 cm³/mol. The molecule has 1 aromatic carbocycles. The van der Waals surface area contributed by atoms with Crippen LogP contribution < -0.4 is 4.72 Å². The van der Waals surface area contributed by atoms with Crippen molar-refractivity contribution in [2.75, 3.05) is 6.54 Å². The first-order valence-electron chi connectivity index (χ1n) is 7.51. The second-order valence-corrected chi connectivity index (χ2v) is 7.42. The topological polar surface area (TPSA) is 66.5 Å². The van der Waals surface area contributed by atoms with E-state index in [-0.39, 0.29) is 6.04 Å². The molecule has 2 atom stereocenters. The Kier molecular flexibility index (Phi) is 5.36. The van der Waals surface area contributed by atoms with Crippen molar-refractivity contribution in [1.82, 2.24) is 9.62 Å². The maximum absolute atomic E-state index is 13.7. The average molecular weight is 346 g/mol. The normalized spacial score (nSPS) is 20.3. The van der Waals surface area contributed by atoms with Crippen molar-refractivity contribution in [3.05, 3.63) is 29.8 Å². The number of nitrogens with one attached hydrogen (secondary N) is 1. The summed E-state index contributed by atoms with van der Waals surface area (Å²) in [5.74, 6) is -2.77. The van der Waals surface area contributed by atoms with E-state index in [1.165, 1.54) is 6.92 Å². The van der Waals surface area contributed by atoms with Gasteiger partial charge in [0.25, 0.3) is 0 Å². The van der Waals surface area contributed by atoms with Gasteiger partial charge in [0, 0.05) is 12.6 Å². The number of rotatable bonds is 4. The van der Waals surface area contributed by atoms with Crippen LogP contribution in [-0.4, -0.2) is 37.9 Å². The smallest absolute Gasteiger partial charge is 0.247 e. The number of nitrogens with zero attached hydrogens (tertiary/aromatic N) is 1. The summed E-state index contributed by atoms with van der Waals surface area (Å²) in [6.07, 6.45) is 2.73. The molecule has 2 unspecified atom stereocenters. The fourth-order valence-corrected chi connectivity index (χ4v) is 4.09. The Balaban J connectivity index is 2.18. The van der Waals surface area contributed by atoms with Gasteiger partial charge in [-0.15, -0.1) is 0 Å². The van der Waals surface area contributed by atoms with Crippen LogP contribution in [0.15, 0.2) is 23.1 Å². The minimum absolute atomic E-state index is 0.0217. The van der Waals surface area contributed by atoms with E-state index >= 15 is 0 Å². The molecule has 1 aliphatic heterocycles. The van der Waals surface area contributed by atoms with Gasteiger partial charge in [-0.25, -0.2) is 17.2 Å². The number of amides is 1. The van der Waals surface area contributed by atoms with Crippen molar-refractivity contribution in [3.8, 4) is 0 Å². The summed E-state index contributed by atoms with van der Waals surface area (Å²) in [7, 11) is -4.47. The number of benzene rings is 1. The third kappa shape index (κ3) is 3.87. The van der Waals surface area contributed by atoms with Gasteiger partial charge in [-0.2, -0.15) is 4.72 Å². The van der Waals surface area contributed by atoms with Gasteiger partial charge in [-0.05, 0) is 45.2 Å². The van der Waals surface area contributed by atoms with E-state index in [1.807, 2.05) is 6.92 Å². The molecule has 128 valence electrons. The molecule has 1 saturated heterocycles. The molecule has 8 heteroatoms. The summed E-state index contributed by atoms with van der Waals surface area (Å²) in [5.41, 5.74) is 0. The van der Waals surface area contributed by atoms with Crippen molar-refractivity contribution in [3.63, 3.8) is 0 Å². The summed E-state index contributed by atoms with van der Waals surface area (Å²) < 4.78 is 53.8. The number of hydrogen-bond acceptors (Lipinski definition) is 3. The number of halogens is 2. The predicted octanol–water partition coefficient (Wildman–Crippen LogP) is 2.03.